The van der Waals surface area contributed by atoms with E-state index in [9.17, 15) is 9.59 Å². The Labute approximate surface area is 104 Å². The fraction of sp³-hybridized carbons (Fsp3) is 0.250. The summed E-state index contributed by atoms with van der Waals surface area (Å²) in [6.07, 6.45) is 0.0216. The van der Waals surface area contributed by atoms with Crippen LogP contribution >= 0.6 is 0 Å². The smallest absolute Gasteiger partial charge is 0.408 e. The molecule has 1 atom stereocenters. The average molecular weight is 247 g/mol. The molecule has 0 fully saturated rings. The van der Waals surface area contributed by atoms with Crippen LogP contribution in [-0.2, 0) is 16.1 Å². The number of rotatable bonds is 5. The van der Waals surface area contributed by atoms with E-state index in [-0.39, 0.29) is 6.61 Å². The Morgan fingerprint density at radius 3 is 2.72 bits per heavy atom. The number of carbonyl (C=O) groups is 2. The van der Waals surface area contributed by atoms with Gasteiger partial charge in [0.05, 0.1) is 6.04 Å². The molecule has 0 aromatic heterocycles. The van der Waals surface area contributed by atoms with Crippen LogP contribution in [0.4, 0.5) is 4.79 Å². The standard InChI is InChI=1S/C12H13N3O3/c1-9(11(16)7-14-13)15-12(17)18-8-10-5-3-2-4-6-10/h2-7,9H,8H2,1H3,(H,15,17)/t9-/m1/s1. The van der Waals surface area contributed by atoms with Crippen molar-refractivity contribution < 1.29 is 19.1 Å². The Balaban J connectivity index is 2.38. The van der Waals surface area contributed by atoms with Crippen molar-refractivity contribution in [2.24, 2.45) is 0 Å². The predicted molar refractivity (Wildman–Crippen MR) is 63.9 cm³/mol. The number of carbonyl (C=O) groups excluding carboxylic acids is 2. The maximum atomic E-state index is 11.3. The van der Waals surface area contributed by atoms with Crippen molar-refractivity contribution in [1.29, 1.82) is 0 Å². The van der Waals surface area contributed by atoms with Gasteiger partial charge in [0, 0.05) is 0 Å². The molecule has 1 aromatic carbocycles. The number of Topliss-reactive ketones (excluding diaryl/α,β-unsaturated/α-hetero) is 1. The molecule has 1 rings (SSSR count). The van der Waals surface area contributed by atoms with E-state index in [1.807, 2.05) is 30.3 Å². The predicted octanol–water partition coefficient (Wildman–Crippen LogP) is 1.17. The zero-order chi connectivity index (χ0) is 13.4. The Hall–Kier alpha value is -2.46. The van der Waals surface area contributed by atoms with Gasteiger partial charge in [-0.15, -0.1) is 0 Å². The van der Waals surface area contributed by atoms with Crippen LogP contribution in [0.2, 0.25) is 0 Å². The van der Waals surface area contributed by atoms with Gasteiger partial charge in [-0.25, -0.2) is 4.79 Å². The van der Waals surface area contributed by atoms with Crippen LogP contribution in [0, 0.1) is 0 Å². The van der Waals surface area contributed by atoms with E-state index >= 15 is 0 Å². The summed E-state index contributed by atoms with van der Waals surface area (Å²) in [7, 11) is 0. The molecule has 0 radical (unpaired) electrons. The summed E-state index contributed by atoms with van der Waals surface area (Å²) in [4.78, 5) is 25.1. The normalized spacial score (nSPS) is 10.9. The molecule has 1 N–H and O–H groups in total. The molecule has 1 amide bonds. The van der Waals surface area contributed by atoms with Crippen LogP contribution < -0.4 is 5.32 Å². The molecule has 0 unspecified atom stereocenters. The van der Waals surface area contributed by atoms with Gasteiger partial charge in [-0.1, -0.05) is 30.3 Å². The Kier molecular flexibility index (Phi) is 5.28. The molecule has 0 aliphatic carbocycles. The molecule has 0 aliphatic rings. The first-order chi connectivity index (χ1) is 8.63. The lowest BCUT2D eigenvalue weighted by atomic mass is 10.2. The van der Waals surface area contributed by atoms with Gasteiger partial charge >= 0.3 is 12.3 Å². The number of nitrogens with zero attached hydrogens (tertiary/aromatic N) is 2. The molecule has 18 heavy (non-hydrogen) atoms. The van der Waals surface area contributed by atoms with Gasteiger partial charge in [0.25, 0.3) is 5.78 Å². The maximum Gasteiger partial charge on any atom is 0.408 e. The number of nitrogens with one attached hydrogen (secondary N) is 1. The summed E-state index contributed by atoms with van der Waals surface area (Å²) in [5.41, 5.74) is 9.03. The molecule has 0 heterocycles. The minimum absolute atomic E-state index is 0.127. The minimum atomic E-state index is -0.802. The fourth-order valence-electron chi connectivity index (χ4n) is 1.18. The Morgan fingerprint density at radius 1 is 1.44 bits per heavy atom. The molecule has 0 saturated carbocycles. The third-order valence-electron chi connectivity index (χ3n) is 2.16. The summed E-state index contributed by atoms with van der Waals surface area (Å²) >= 11 is 0. The maximum absolute atomic E-state index is 11.3. The van der Waals surface area contributed by atoms with Crippen LogP contribution in [0.1, 0.15) is 12.5 Å². The van der Waals surface area contributed by atoms with Gasteiger partial charge in [0.15, 0.2) is 0 Å². The number of alkyl carbamates (subject to hydrolysis) is 1. The Bertz CT molecular complexity index is 467. The lowest BCUT2D eigenvalue weighted by Crippen LogP contribution is -2.39. The SMILES string of the molecule is C[C@@H](NC(=O)OCc1ccccc1)C(=O)C=[N+]=[N-]. The highest BCUT2D eigenvalue weighted by Crippen LogP contribution is 2.00. The topological polar surface area (TPSA) is 91.8 Å². The monoisotopic (exact) mass is 247 g/mol. The molecule has 94 valence electrons. The summed E-state index contributed by atoms with van der Waals surface area (Å²) < 4.78 is 4.92. The van der Waals surface area contributed by atoms with Crippen molar-refractivity contribution in [1.82, 2.24) is 5.32 Å². The third-order valence-corrected chi connectivity index (χ3v) is 2.16. The molecule has 6 heteroatoms. The molecule has 1 aromatic rings. The first kappa shape index (κ1) is 13.6. The molecule has 0 bridgehead atoms. The average Bonchev–Trinajstić information content (AvgIpc) is 2.38. The van der Waals surface area contributed by atoms with Crippen molar-refractivity contribution in [3.63, 3.8) is 0 Å². The summed E-state index contributed by atoms with van der Waals surface area (Å²) in [5, 5.41) is 2.32. The van der Waals surface area contributed by atoms with Crippen LogP contribution in [0.3, 0.4) is 0 Å². The first-order valence-corrected chi connectivity index (χ1v) is 5.32. The van der Waals surface area contributed by atoms with Crippen molar-refractivity contribution >= 4 is 18.1 Å². The van der Waals surface area contributed by atoms with Gasteiger partial charge in [-0.2, -0.15) is 4.79 Å². The second-order valence-electron chi connectivity index (χ2n) is 3.57. The van der Waals surface area contributed by atoms with E-state index < -0.39 is 17.9 Å². The van der Waals surface area contributed by atoms with Crippen LogP contribution in [0.25, 0.3) is 5.53 Å². The number of benzene rings is 1. The van der Waals surface area contributed by atoms with Gasteiger partial charge in [-0.05, 0) is 12.5 Å². The van der Waals surface area contributed by atoms with E-state index in [4.69, 9.17) is 10.3 Å². The van der Waals surface area contributed by atoms with Crippen molar-refractivity contribution in [2.75, 3.05) is 0 Å². The zero-order valence-corrected chi connectivity index (χ0v) is 9.87. The van der Waals surface area contributed by atoms with Gasteiger partial charge in [0.2, 0.25) is 0 Å². The number of hydrogen-bond acceptors (Lipinski definition) is 3. The van der Waals surface area contributed by atoms with Crippen LogP contribution in [0.5, 0.6) is 0 Å². The molecule has 0 saturated heterocycles. The van der Waals surface area contributed by atoms with E-state index in [1.165, 1.54) is 6.92 Å². The molecular formula is C12H13N3O3. The van der Waals surface area contributed by atoms with Crippen molar-refractivity contribution in [3.05, 3.63) is 41.4 Å². The molecular weight excluding hydrogens is 234 g/mol. The van der Waals surface area contributed by atoms with Crippen LogP contribution in [-0.4, -0.2) is 28.9 Å². The van der Waals surface area contributed by atoms with E-state index in [0.29, 0.717) is 0 Å². The highest BCUT2D eigenvalue weighted by Gasteiger charge is 2.17. The lowest BCUT2D eigenvalue weighted by molar-refractivity contribution is -0.117. The minimum Gasteiger partial charge on any atom is -0.445 e. The second-order valence-corrected chi connectivity index (χ2v) is 3.57. The van der Waals surface area contributed by atoms with Gasteiger partial charge < -0.3 is 15.6 Å². The highest BCUT2D eigenvalue weighted by molar-refractivity contribution is 6.27. The van der Waals surface area contributed by atoms with E-state index in [2.05, 4.69) is 10.1 Å². The Morgan fingerprint density at radius 2 is 2.11 bits per heavy atom. The molecule has 6 nitrogen and oxygen atoms in total. The summed E-state index contributed by atoms with van der Waals surface area (Å²) in [6, 6.07) is 8.36. The van der Waals surface area contributed by atoms with Crippen LogP contribution in [0.15, 0.2) is 30.3 Å². The second kappa shape index (κ2) is 6.98. The van der Waals surface area contributed by atoms with Gasteiger partial charge in [-0.3, -0.25) is 4.79 Å². The van der Waals surface area contributed by atoms with E-state index in [0.717, 1.165) is 11.8 Å². The van der Waals surface area contributed by atoms with E-state index in [1.54, 1.807) is 0 Å². The lowest BCUT2D eigenvalue weighted by Gasteiger charge is -2.09. The quantitative estimate of drug-likeness (QED) is 0.481. The van der Waals surface area contributed by atoms with Gasteiger partial charge in [0.1, 0.15) is 6.61 Å². The number of hydrogen-bond donors (Lipinski definition) is 1. The van der Waals surface area contributed by atoms with Crippen molar-refractivity contribution in [3.8, 4) is 0 Å². The summed E-state index contributed by atoms with van der Waals surface area (Å²) in [5.74, 6) is -0.519. The largest absolute Gasteiger partial charge is 0.445 e. The third kappa shape index (κ3) is 4.59. The molecule has 0 spiro atoms. The number of amides is 1. The zero-order valence-electron chi connectivity index (χ0n) is 9.87. The van der Waals surface area contributed by atoms with Crippen molar-refractivity contribution in [2.45, 2.75) is 19.6 Å². The first-order valence-electron chi connectivity index (χ1n) is 5.32. The number of ether oxygens (including phenoxy) is 1. The highest BCUT2D eigenvalue weighted by atomic mass is 16.5. The molecule has 0 aliphatic heterocycles. The number of ketones is 1. The fourth-order valence-corrected chi connectivity index (χ4v) is 1.18. The summed E-state index contributed by atoms with van der Waals surface area (Å²) in [6.45, 7) is 1.59.